The maximum atomic E-state index is 4.60. The van der Waals surface area contributed by atoms with Crippen LogP contribution in [0.25, 0.3) is 162 Å². The van der Waals surface area contributed by atoms with Gasteiger partial charge in [-0.2, -0.15) is 34.0 Å². The maximum Gasteiger partial charge on any atom is 3.00 e. The zero-order chi connectivity index (χ0) is 84.6. The summed E-state index contributed by atoms with van der Waals surface area (Å²) in [5.41, 5.74) is 25.3. The van der Waals surface area contributed by atoms with Gasteiger partial charge >= 0.3 is 20.1 Å². The molecule has 22 aromatic rings. The van der Waals surface area contributed by atoms with Gasteiger partial charge in [-0.15, -0.1) is 215 Å². The van der Waals surface area contributed by atoms with Crippen molar-refractivity contribution in [3.63, 3.8) is 0 Å². The maximum absolute atomic E-state index is 4.60. The monoisotopic (exact) mass is 2230 g/mol. The van der Waals surface area contributed by atoms with Crippen molar-refractivity contribution in [3.05, 3.63) is 466 Å². The minimum Gasteiger partial charge on any atom is -0.305 e. The van der Waals surface area contributed by atoms with Gasteiger partial charge in [-0.05, 0) is 173 Å². The van der Waals surface area contributed by atoms with Crippen LogP contribution in [0.1, 0.15) is 41.7 Å². The zero-order valence-electron chi connectivity index (χ0n) is 70.3. The Morgan fingerprint density at radius 3 is 1.06 bits per heavy atom. The van der Waals surface area contributed by atoms with Crippen molar-refractivity contribution in [1.82, 2.24) is 34.9 Å². The molecule has 0 spiro atoms. The molecule has 624 valence electrons. The molecule has 2 radical (unpaired) electrons. The second-order valence-electron chi connectivity index (χ2n) is 29.2. The third-order valence-electron chi connectivity index (χ3n) is 20.7. The fraction of sp³-hybridized carbons (Fsp3) is 0.0614. The predicted molar refractivity (Wildman–Crippen MR) is 522 cm³/mol. The molecule has 0 N–H and O–H groups in total. The van der Waals surface area contributed by atoms with E-state index in [-0.39, 0.29) is 60.3 Å². The van der Waals surface area contributed by atoms with Crippen LogP contribution in [-0.2, 0) is 73.2 Å². The van der Waals surface area contributed by atoms with E-state index >= 15 is 0 Å². The Morgan fingerprint density at radius 2 is 0.630 bits per heavy atom. The van der Waals surface area contributed by atoms with E-state index in [4.69, 9.17) is 0 Å². The van der Waals surface area contributed by atoms with Crippen LogP contribution < -0.4 is 0 Å². The second-order valence-corrected chi connectivity index (χ2v) is 32.4. The number of hydrogen-bond donors (Lipinski definition) is 0. The van der Waals surface area contributed by atoms with Crippen molar-refractivity contribution < 1.29 is 60.3 Å². The van der Waals surface area contributed by atoms with Gasteiger partial charge in [-0.3, -0.25) is 0 Å². The van der Waals surface area contributed by atoms with Crippen molar-refractivity contribution in [2.24, 2.45) is 0 Å². The van der Waals surface area contributed by atoms with E-state index in [2.05, 4.69) is 312 Å². The van der Waals surface area contributed by atoms with Crippen LogP contribution in [-0.4, -0.2) is 34.9 Å². The largest absolute Gasteiger partial charge is 3.00 e. The van der Waals surface area contributed by atoms with E-state index in [0.717, 1.165) is 91.6 Å². The quantitative estimate of drug-likeness (QED) is 0.119. The average molecular weight is 2220 g/mol. The fourth-order valence-corrected chi connectivity index (χ4v) is 17.7. The minimum absolute atomic E-state index is 0. The Kier molecular flexibility index (Phi) is 33.3. The molecular formula is C114H84Ir3N7S3-4. The van der Waals surface area contributed by atoms with Crippen molar-refractivity contribution in [3.8, 4) is 101 Å². The summed E-state index contributed by atoms with van der Waals surface area (Å²) in [7, 11) is 0. The first-order valence-electron chi connectivity index (χ1n) is 41.2. The SMILES string of the molecule is CCc1cc(-c2[c-]cccc2)ncc1-c1ccccc1.CCc1cc(-c2[c-]cccc2)ncc1-c1ccccc1.Cc1ccc(-c2[c-]cc3c(c2)sc2ccccc23)nc1.Cc1ccc(-c2[c-]cc3sc4ccccc4c3c2)nc1.Cc1ccc(-c2[c-]ccc3c2sc2ccccc23)nc1.[Ir+3].[Ir].[Ir].[c-]1ccccc1-c1ccccn1.[c-]1ccccc1-c1ccccn1. The third-order valence-corrected chi connectivity index (χ3v) is 24.2. The van der Waals surface area contributed by atoms with Crippen molar-refractivity contribution >= 4 is 94.5 Å². The normalized spacial score (nSPS) is 10.4. The summed E-state index contributed by atoms with van der Waals surface area (Å²) in [5.74, 6) is 0. The summed E-state index contributed by atoms with van der Waals surface area (Å²) in [6.45, 7) is 10.5. The molecule has 0 amide bonds. The van der Waals surface area contributed by atoms with Crippen LogP contribution in [0.15, 0.2) is 395 Å². The van der Waals surface area contributed by atoms with Crippen molar-refractivity contribution in [2.75, 3.05) is 0 Å². The first-order chi connectivity index (χ1) is 61.1. The first kappa shape index (κ1) is 92.0. The molecule has 0 atom stereocenters. The fourth-order valence-electron chi connectivity index (χ4n) is 14.3. The first-order valence-corrected chi connectivity index (χ1v) is 43.7. The Labute approximate surface area is 796 Å². The van der Waals surface area contributed by atoms with E-state index < -0.39 is 0 Å². The van der Waals surface area contributed by atoms with Gasteiger partial charge < -0.3 is 34.9 Å². The number of aryl methyl sites for hydroxylation is 5. The molecule has 22 rings (SSSR count). The Hall–Kier alpha value is -12.7. The van der Waals surface area contributed by atoms with Crippen LogP contribution in [0, 0.1) is 63.2 Å². The van der Waals surface area contributed by atoms with E-state index in [1.165, 1.54) is 111 Å². The average Bonchev–Trinajstić information content (AvgIpc) is 1.62. The summed E-state index contributed by atoms with van der Waals surface area (Å²) in [5, 5.41) is 7.81. The number of fused-ring (bicyclic) bond motifs is 9. The van der Waals surface area contributed by atoms with Gasteiger partial charge in [0.25, 0.3) is 0 Å². The summed E-state index contributed by atoms with van der Waals surface area (Å²) in [4.78, 5) is 31.2. The summed E-state index contributed by atoms with van der Waals surface area (Å²) < 4.78 is 7.81. The number of benzene rings is 12. The molecule has 0 aliphatic heterocycles. The number of rotatable bonds is 11. The number of aromatic nitrogens is 7. The molecule has 13 heteroatoms. The van der Waals surface area contributed by atoms with Crippen LogP contribution in [0.4, 0.5) is 0 Å². The number of nitrogens with zero attached hydrogens (tertiary/aromatic N) is 7. The topological polar surface area (TPSA) is 90.2 Å². The van der Waals surface area contributed by atoms with E-state index in [1.807, 2.05) is 217 Å². The molecule has 0 bridgehead atoms. The number of pyridine rings is 7. The van der Waals surface area contributed by atoms with E-state index in [0.29, 0.717) is 0 Å². The molecule has 7 nitrogen and oxygen atoms in total. The van der Waals surface area contributed by atoms with Gasteiger partial charge in [0, 0.05) is 109 Å². The summed E-state index contributed by atoms with van der Waals surface area (Å²) in [6.07, 6.45) is 15.2. The van der Waals surface area contributed by atoms with Gasteiger partial charge in [0.05, 0.1) is 0 Å². The van der Waals surface area contributed by atoms with E-state index in [9.17, 15) is 0 Å². The Bertz CT molecular complexity index is 6890. The zero-order valence-corrected chi connectivity index (χ0v) is 79.9. The van der Waals surface area contributed by atoms with E-state index in [1.54, 1.807) is 12.4 Å². The molecule has 0 unspecified atom stereocenters. The predicted octanol–water partition coefficient (Wildman–Crippen LogP) is 30.3. The van der Waals surface area contributed by atoms with Crippen molar-refractivity contribution in [2.45, 2.75) is 47.5 Å². The van der Waals surface area contributed by atoms with Gasteiger partial charge in [-0.1, -0.05) is 218 Å². The number of hydrogen-bond acceptors (Lipinski definition) is 10. The third kappa shape index (κ3) is 23.5. The Morgan fingerprint density at radius 1 is 0.252 bits per heavy atom. The van der Waals surface area contributed by atoms with Crippen LogP contribution >= 0.6 is 34.0 Å². The van der Waals surface area contributed by atoms with Gasteiger partial charge in [0.2, 0.25) is 0 Å². The van der Waals surface area contributed by atoms with Gasteiger partial charge in [-0.25, -0.2) is 0 Å². The van der Waals surface area contributed by atoms with Crippen LogP contribution in [0.2, 0.25) is 0 Å². The molecule has 127 heavy (non-hydrogen) atoms. The van der Waals surface area contributed by atoms with Crippen LogP contribution in [0.3, 0.4) is 0 Å². The molecule has 0 aliphatic rings. The van der Waals surface area contributed by atoms with Crippen LogP contribution in [0.5, 0.6) is 0 Å². The molecule has 0 saturated carbocycles. The molecule has 10 aromatic heterocycles. The standard InChI is InChI=1S/2C19H16N.3C18H12NS.2C11H8N.3Ir/c2*1-2-15-13-19(17-11-7-4-8-12-17)20-14-18(15)16-9-5-3-6-10-16;1-12-9-10-16(19-11-12)15-7-4-6-14-13-5-2-3-8-17(13)20-18(14)15;1-12-6-9-16(19-11-12)13-7-8-15-14-4-2-3-5-17(14)20-18(15)10-13;1-12-6-8-16(19-11-12)13-7-9-18-15(10-13)14-4-2-3-5-17(14)20-18;2*1-2-6-10(7-3-1)11-8-4-5-9-12-11;;;/h2*3-11,13-14H,2H2,1H3;3*2-6,8-11H,1H3;2*1-6,8-9H;;;/q7*-1;;;+3. The number of thiophene rings is 3. The molecular weight excluding hydrogens is 2140 g/mol. The molecule has 10 heterocycles. The summed E-state index contributed by atoms with van der Waals surface area (Å²) >= 11 is 5.46. The molecule has 0 aliphatic carbocycles. The van der Waals surface area contributed by atoms with Gasteiger partial charge in [0.1, 0.15) is 0 Å². The van der Waals surface area contributed by atoms with Crippen molar-refractivity contribution in [1.29, 1.82) is 0 Å². The smallest absolute Gasteiger partial charge is 0.305 e. The minimum atomic E-state index is 0. The molecule has 0 fully saturated rings. The summed E-state index contributed by atoms with van der Waals surface area (Å²) in [6, 6.07) is 142. The Balaban J connectivity index is 0.000000127. The second kappa shape index (κ2) is 46.0. The van der Waals surface area contributed by atoms with Gasteiger partial charge in [0.15, 0.2) is 0 Å². The molecule has 0 saturated heterocycles. The molecule has 12 aromatic carbocycles.